The summed E-state index contributed by atoms with van der Waals surface area (Å²) in [5.41, 5.74) is 2.84. The molecule has 2 heteroatoms. The number of nitrogens with one attached hydrogen (secondary N) is 1. The highest BCUT2D eigenvalue weighted by Gasteiger charge is 2.21. The molecule has 2 unspecified atom stereocenters. The highest BCUT2D eigenvalue weighted by Crippen LogP contribution is 2.28. The van der Waals surface area contributed by atoms with Gasteiger partial charge in [0, 0.05) is 24.3 Å². The van der Waals surface area contributed by atoms with Crippen molar-refractivity contribution in [3.05, 3.63) is 29.8 Å². The van der Waals surface area contributed by atoms with Gasteiger partial charge in [0.25, 0.3) is 0 Å². The zero-order valence-electron chi connectivity index (χ0n) is 14.1. The van der Waals surface area contributed by atoms with Crippen LogP contribution in [0.1, 0.15) is 70.9 Å². The van der Waals surface area contributed by atoms with Gasteiger partial charge in [-0.1, -0.05) is 32.9 Å². The maximum absolute atomic E-state index is 3.64. The normalized spacial score (nSPS) is 20.5. The average Bonchev–Trinajstić information content (AvgIpc) is 2.56. The van der Waals surface area contributed by atoms with Crippen LogP contribution in [0.2, 0.25) is 0 Å². The van der Waals surface area contributed by atoms with Gasteiger partial charge in [0.2, 0.25) is 0 Å². The van der Waals surface area contributed by atoms with Crippen LogP contribution in [0.4, 0.5) is 5.69 Å². The van der Waals surface area contributed by atoms with E-state index in [1.807, 2.05) is 0 Å². The summed E-state index contributed by atoms with van der Waals surface area (Å²) in [6.45, 7) is 9.13. The predicted octanol–water partition coefficient (Wildman–Crippen LogP) is 4.91. The molecule has 1 saturated heterocycles. The van der Waals surface area contributed by atoms with Gasteiger partial charge in [-0.25, -0.2) is 0 Å². The van der Waals surface area contributed by atoms with Crippen molar-refractivity contribution < 1.29 is 0 Å². The summed E-state index contributed by atoms with van der Waals surface area (Å²) in [4.78, 5) is 2.62. The van der Waals surface area contributed by atoms with Crippen molar-refractivity contribution in [2.75, 3.05) is 18.0 Å². The Morgan fingerprint density at radius 3 is 2.52 bits per heavy atom. The van der Waals surface area contributed by atoms with Crippen LogP contribution < -0.4 is 10.2 Å². The molecule has 0 aromatic heterocycles. The van der Waals surface area contributed by atoms with Crippen molar-refractivity contribution in [2.24, 2.45) is 0 Å². The minimum Gasteiger partial charge on any atom is -0.369 e. The second-order valence-corrected chi connectivity index (χ2v) is 6.26. The molecule has 1 aliphatic heterocycles. The van der Waals surface area contributed by atoms with E-state index in [0.29, 0.717) is 6.04 Å². The van der Waals surface area contributed by atoms with Crippen molar-refractivity contribution in [2.45, 2.75) is 71.4 Å². The zero-order valence-corrected chi connectivity index (χ0v) is 14.1. The highest BCUT2D eigenvalue weighted by molar-refractivity contribution is 5.49. The molecule has 1 aliphatic rings. The van der Waals surface area contributed by atoms with E-state index in [-0.39, 0.29) is 0 Å². The first kappa shape index (κ1) is 16.4. The van der Waals surface area contributed by atoms with Gasteiger partial charge in [-0.05, 0) is 62.8 Å². The van der Waals surface area contributed by atoms with Crippen LogP contribution in [0.5, 0.6) is 0 Å². The van der Waals surface area contributed by atoms with E-state index in [2.05, 4.69) is 55.3 Å². The van der Waals surface area contributed by atoms with Crippen LogP contribution >= 0.6 is 0 Å². The molecule has 0 radical (unpaired) electrons. The molecule has 0 aliphatic carbocycles. The predicted molar refractivity (Wildman–Crippen MR) is 93.0 cm³/mol. The van der Waals surface area contributed by atoms with E-state index in [1.165, 1.54) is 49.9 Å². The smallest absolute Gasteiger partial charge is 0.0368 e. The molecule has 1 aromatic carbocycles. The fourth-order valence-electron chi connectivity index (χ4n) is 3.48. The summed E-state index contributed by atoms with van der Waals surface area (Å²) in [5.74, 6) is 0. The van der Waals surface area contributed by atoms with Gasteiger partial charge in [0.05, 0.1) is 0 Å². The molecule has 0 saturated carbocycles. The lowest BCUT2D eigenvalue weighted by Gasteiger charge is -2.37. The van der Waals surface area contributed by atoms with Crippen molar-refractivity contribution in [3.8, 4) is 0 Å². The summed E-state index contributed by atoms with van der Waals surface area (Å²) in [6, 6.07) is 10.6. The topological polar surface area (TPSA) is 15.3 Å². The standard InChI is InChI=1S/C19H32N2/c1-4-14-20-19(6-3)16-10-12-18(13-11-16)21-15-8-7-9-17(21)5-2/h10-13,17,19-20H,4-9,14-15H2,1-3H3. The van der Waals surface area contributed by atoms with E-state index >= 15 is 0 Å². The third kappa shape index (κ3) is 4.23. The Balaban J connectivity index is 2.06. The monoisotopic (exact) mass is 288 g/mol. The van der Waals surface area contributed by atoms with Crippen molar-refractivity contribution in [1.82, 2.24) is 5.32 Å². The number of hydrogen-bond donors (Lipinski definition) is 1. The Bertz CT molecular complexity index is 399. The summed E-state index contributed by atoms with van der Waals surface area (Å²) >= 11 is 0. The molecule has 1 heterocycles. The number of rotatable bonds is 7. The summed E-state index contributed by atoms with van der Waals surface area (Å²) in [6.07, 6.45) is 7.70. The maximum atomic E-state index is 3.64. The van der Waals surface area contributed by atoms with Crippen molar-refractivity contribution >= 4 is 5.69 Å². The highest BCUT2D eigenvalue weighted by atomic mass is 15.2. The number of nitrogens with zero attached hydrogens (tertiary/aromatic N) is 1. The van der Waals surface area contributed by atoms with Crippen LogP contribution in [0.25, 0.3) is 0 Å². The fourth-order valence-corrected chi connectivity index (χ4v) is 3.48. The number of benzene rings is 1. The lowest BCUT2D eigenvalue weighted by Crippen LogP contribution is -2.39. The van der Waals surface area contributed by atoms with Gasteiger partial charge in [-0.3, -0.25) is 0 Å². The average molecular weight is 288 g/mol. The van der Waals surface area contributed by atoms with Crippen LogP contribution in [0.3, 0.4) is 0 Å². The molecule has 21 heavy (non-hydrogen) atoms. The maximum Gasteiger partial charge on any atom is 0.0368 e. The Hall–Kier alpha value is -1.02. The molecule has 1 N–H and O–H groups in total. The lowest BCUT2D eigenvalue weighted by molar-refractivity contribution is 0.450. The Labute approximate surface area is 130 Å². The van der Waals surface area contributed by atoms with Crippen LogP contribution in [-0.2, 0) is 0 Å². The first-order chi connectivity index (χ1) is 10.3. The summed E-state index contributed by atoms with van der Waals surface area (Å²) in [7, 11) is 0. The third-order valence-corrected chi connectivity index (χ3v) is 4.77. The van der Waals surface area contributed by atoms with Gasteiger partial charge in [0.15, 0.2) is 0 Å². The first-order valence-electron chi connectivity index (χ1n) is 8.90. The molecule has 1 aromatic rings. The molecular weight excluding hydrogens is 256 g/mol. The summed E-state index contributed by atoms with van der Waals surface area (Å²) < 4.78 is 0. The molecule has 2 rings (SSSR count). The van der Waals surface area contributed by atoms with Crippen LogP contribution in [-0.4, -0.2) is 19.1 Å². The van der Waals surface area contributed by atoms with Gasteiger partial charge in [-0.2, -0.15) is 0 Å². The third-order valence-electron chi connectivity index (χ3n) is 4.77. The van der Waals surface area contributed by atoms with Crippen molar-refractivity contribution in [3.63, 3.8) is 0 Å². The quantitative estimate of drug-likeness (QED) is 0.767. The first-order valence-corrected chi connectivity index (χ1v) is 8.90. The number of anilines is 1. The Morgan fingerprint density at radius 2 is 1.90 bits per heavy atom. The fraction of sp³-hybridized carbons (Fsp3) is 0.684. The van der Waals surface area contributed by atoms with Crippen LogP contribution in [0, 0.1) is 0 Å². The molecular formula is C19H32N2. The minimum absolute atomic E-state index is 0.502. The van der Waals surface area contributed by atoms with E-state index in [9.17, 15) is 0 Å². The molecule has 0 bridgehead atoms. The largest absolute Gasteiger partial charge is 0.369 e. The Morgan fingerprint density at radius 1 is 1.14 bits per heavy atom. The number of piperidine rings is 1. The second-order valence-electron chi connectivity index (χ2n) is 6.26. The molecule has 2 atom stereocenters. The zero-order chi connectivity index (χ0) is 15.1. The molecule has 0 amide bonds. The van der Waals surface area contributed by atoms with Gasteiger partial charge < -0.3 is 10.2 Å². The summed E-state index contributed by atoms with van der Waals surface area (Å²) in [5, 5.41) is 3.64. The van der Waals surface area contributed by atoms with E-state index < -0.39 is 0 Å². The molecule has 2 nitrogen and oxygen atoms in total. The van der Waals surface area contributed by atoms with E-state index in [0.717, 1.165) is 19.0 Å². The molecule has 118 valence electrons. The Kier molecular flexibility index (Phi) is 6.56. The van der Waals surface area contributed by atoms with E-state index in [1.54, 1.807) is 0 Å². The van der Waals surface area contributed by atoms with E-state index in [4.69, 9.17) is 0 Å². The van der Waals surface area contributed by atoms with Gasteiger partial charge in [-0.15, -0.1) is 0 Å². The minimum atomic E-state index is 0.502. The molecule has 1 fully saturated rings. The van der Waals surface area contributed by atoms with Gasteiger partial charge in [0.1, 0.15) is 0 Å². The lowest BCUT2D eigenvalue weighted by atomic mass is 9.98. The van der Waals surface area contributed by atoms with Crippen molar-refractivity contribution in [1.29, 1.82) is 0 Å². The van der Waals surface area contributed by atoms with Crippen LogP contribution in [0.15, 0.2) is 24.3 Å². The number of hydrogen-bond acceptors (Lipinski definition) is 2. The second kappa shape index (κ2) is 8.43. The molecule has 0 spiro atoms. The SMILES string of the molecule is CCCNC(CC)c1ccc(N2CCCCC2CC)cc1. The van der Waals surface area contributed by atoms with Gasteiger partial charge >= 0.3 is 0 Å².